The Hall–Kier alpha value is -1.66. The van der Waals surface area contributed by atoms with E-state index in [2.05, 4.69) is 16.2 Å². The molecule has 0 unspecified atom stereocenters. The quantitative estimate of drug-likeness (QED) is 0.266. The first-order valence-electron chi connectivity index (χ1n) is 6.60. The second kappa shape index (κ2) is 6.87. The molecule has 0 bridgehead atoms. The van der Waals surface area contributed by atoms with Gasteiger partial charge in [-0.3, -0.25) is 0 Å². The van der Waals surface area contributed by atoms with Crippen molar-refractivity contribution in [2.45, 2.75) is 38.7 Å². The molecule has 0 aromatic heterocycles. The van der Waals surface area contributed by atoms with E-state index < -0.39 is 41.3 Å². The summed E-state index contributed by atoms with van der Waals surface area (Å²) in [6.45, 7) is -0.842. The number of halogens is 5. The summed E-state index contributed by atoms with van der Waals surface area (Å²) in [5, 5.41) is 3.43. The Balaban J connectivity index is 2.01. The molecular weight excluding hydrogens is 293 g/mol. The lowest BCUT2D eigenvalue weighted by Gasteiger charge is -2.15. The van der Waals surface area contributed by atoms with E-state index in [4.69, 9.17) is 0 Å². The minimum absolute atomic E-state index is 0.107. The number of benzene rings is 1. The van der Waals surface area contributed by atoms with Gasteiger partial charge in [-0.25, -0.2) is 22.0 Å². The zero-order chi connectivity index (χ0) is 15.4. The van der Waals surface area contributed by atoms with Gasteiger partial charge in [-0.1, -0.05) is 24.4 Å². The van der Waals surface area contributed by atoms with Crippen LogP contribution in [0.5, 0.6) is 0 Å². The van der Waals surface area contributed by atoms with Crippen LogP contribution in [0.4, 0.5) is 22.0 Å². The van der Waals surface area contributed by atoms with Gasteiger partial charge in [0.15, 0.2) is 23.3 Å². The first-order valence-corrected chi connectivity index (χ1v) is 6.60. The number of nitrogens with zero attached hydrogens (tertiary/aromatic N) is 1. The van der Waals surface area contributed by atoms with Crippen LogP contribution in [0.1, 0.15) is 37.7 Å². The molecule has 0 atom stereocenters. The number of rotatable bonds is 4. The molecule has 0 saturated heterocycles. The normalized spacial score (nSPS) is 16.6. The minimum atomic E-state index is -2.19. The van der Waals surface area contributed by atoms with Crippen molar-refractivity contribution >= 4 is 6.21 Å². The third-order valence-electron chi connectivity index (χ3n) is 3.41. The Bertz CT molecular complexity index is 512. The second-order valence-electron chi connectivity index (χ2n) is 4.88. The fourth-order valence-electron chi connectivity index (χ4n) is 2.22. The molecular formula is C14H13F5NO. The predicted molar refractivity (Wildman–Crippen MR) is 65.0 cm³/mol. The van der Waals surface area contributed by atoms with Gasteiger partial charge >= 0.3 is 0 Å². The lowest BCUT2D eigenvalue weighted by atomic mass is 9.90. The van der Waals surface area contributed by atoms with Crippen LogP contribution in [0.15, 0.2) is 5.16 Å². The molecule has 7 heteroatoms. The van der Waals surface area contributed by atoms with Crippen LogP contribution in [-0.4, -0.2) is 6.21 Å². The summed E-state index contributed by atoms with van der Waals surface area (Å²) in [5.41, 5.74) is -1.04. The SMILES string of the molecule is Fc1c(F)c(F)c(CO/N=[C]\C2CCCCC2)c(F)c1F. The van der Waals surface area contributed by atoms with Crippen LogP contribution in [-0.2, 0) is 11.4 Å². The molecule has 1 radical (unpaired) electrons. The molecule has 0 N–H and O–H groups in total. The van der Waals surface area contributed by atoms with Crippen LogP contribution in [0, 0.1) is 35.0 Å². The van der Waals surface area contributed by atoms with Crippen molar-refractivity contribution in [1.29, 1.82) is 0 Å². The molecule has 0 spiro atoms. The molecule has 115 valence electrons. The van der Waals surface area contributed by atoms with Gasteiger partial charge in [-0.2, -0.15) is 0 Å². The molecule has 0 amide bonds. The summed E-state index contributed by atoms with van der Waals surface area (Å²) < 4.78 is 65.3. The average molecular weight is 306 g/mol. The zero-order valence-electron chi connectivity index (χ0n) is 11.1. The molecule has 1 aromatic carbocycles. The van der Waals surface area contributed by atoms with Crippen molar-refractivity contribution in [3.05, 3.63) is 34.6 Å². The van der Waals surface area contributed by atoms with E-state index in [0.717, 1.165) is 32.1 Å². The van der Waals surface area contributed by atoms with Gasteiger partial charge < -0.3 is 4.84 Å². The van der Waals surface area contributed by atoms with Crippen molar-refractivity contribution in [1.82, 2.24) is 0 Å². The molecule has 1 fully saturated rings. The van der Waals surface area contributed by atoms with Crippen LogP contribution in [0.25, 0.3) is 0 Å². The van der Waals surface area contributed by atoms with Crippen LogP contribution in [0.2, 0.25) is 0 Å². The van der Waals surface area contributed by atoms with Crippen LogP contribution >= 0.6 is 0 Å². The fourth-order valence-corrected chi connectivity index (χ4v) is 2.22. The Labute approximate surface area is 118 Å². The van der Waals surface area contributed by atoms with Gasteiger partial charge in [0, 0.05) is 5.92 Å². The summed E-state index contributed by atoms with van der Waals surface area (Å²) in [5.74, 6) is -9.87. The third-order valence-corrected chi connectivity index (χ3v) is 3.41. The molecule has 2 nitrogen and oxygen atoms in total. The lowest BCUT2D eigenvalue weighted by Crippen LogP contribution is -2.09. The molecule has 1 aromatic rings. The molecule has 0 heterocycles. The van der Waals surface area contributed by atoms with Gasteiger partial charge in [-0.15, -0.1) is 0 Å². The van der Waals surface area contributed by atoms with Crippen molar-refractivity contribution in [2.75, 3.05) is 0 Å². The maximum absolute atomic E-state index is 13.3. The Morgan fingerprint density at radius 3 is 1.95 bits per heavy atom. The number of hydrogen-bond acceptors (Lipinski definition) is 2. The molecule has 1 saturated carbocycles. The van der Waals surface area contributed by atoms with Crippen molar-refractivity contribution < 1.29 is 26.8 Å². The van der Waals surface area contributed by atoms with E-state index in [1.165, 1.54) is 0 Å². The van der Waals surface area contributed by atoms with E-state index >= 15 is 0 Å². The monoisotopic (exact) mass is 306 g/mol. The van der Waals surface area contributed by atoms with E-state index in [9.17, 15) is 22.0 Å². The van der Waals surface area contributed by atoms with E-state index in [1.54, 1.807) is 0 Å². The van der Waals surface area contributed by atoms with Crippen molar-refractivity contribution in [3.63, 3.8) is 0 Å². The second-order valence-corrected chi connectivity index (χ2v) is 4.88. The highest BCUT2D eigenvalue weighted by atomic mass is 19.2. The average Bonchev–Trinajstić information content (AvgIpc) is 2.51. The largest absolute Gasteiger partial charge is 0.390 e. The molecule has 0 aliphatic heterocycles. The van der Waals surface area contributed by atoms with Gasteiger partial charge in [0.2, 0.25) is 5.82 Å². The minimum Gasteiger partial charge on any atom is -0.390 e. The maximum atomic E-state index is 13.3. The topological polar surface area (TPSA) is 21.6 Å². The summed E-state index contributed by atoms with van der Waals surface area (Å²) in [6, 6.07) is 0. The highest BCUT2D eigenvalue weighted by Crippen LogP contribution is 2.24. The van der Waals surface area contributed by atoms with Gasteiger partial charge in [0.1, 0.15) is 12.8 Å². The molecule has 1 aliphatic carbocycles. The van der Waals surface area contributed by atoms with Crippen molar-refractivity contribution in [2.24, 2.45) is 11.1 Å². The Kier molecular flexibility index (Phi) is 5.14. The van der Waals surface area contributed by atoms with Crippen molar-refractivity contribution in [3.8, 4) is 0 Å². The van der Waals surface area contributed by atoms with Crippen LogP contribution in [0.3, 0.4) is 0 Å². The summed E-state index contributed by atoms with van der Waals surface area (Å²) >= 11 is 0. The smallest absolute Gasteiger partial charge is 0.200 e. The van der Waals surface area contributed by atoms with Gasteiger partial charge in [-0.05, 0) is 12.8 Å². The molecule has 21 heavy (non-hydrogen) atoms. The van der Waals surface area contributed by atoms with Crippen LogP contribution < -0.4 is 0 Å². The summed E-state index contributed by atoms with van der Waals surface area (Å²) in [4.78, 5) is 4.61. The molecule has 2 rings (SSSR count). The van der Waals surface area contributed by atoms with Gasteiger partial charge in [0.25, 0.3) is 0 Å². The zero-order valence-corrected chi connectivity index (χ0v) is 11.1. The first-order chi connectivity index (χ1) is 10.0. The molecule has 1 aliphatic rings. The standard InChI is InChI=1S/C14H13F5NO/c15-10-9(11(16)13(18)14(19)12(10)17)7-21-20-6-8-4-2-1-3-5-8/h8H,1-5,7H2. The highest BCUT2D eigenvalue weighted by molar-refractivity contribution is 5.59. The first kappa shape index (κ1) is 15.7. The highest BCUT2D eigenvalue weighted by Gasteiger charge is 2.25. The van der Waals surface area contributed by atoms with E-state index in [1.807, 2.05) is 0 Å². The Morgan fingerprint density at radius 1 is 0.857 bits per heavy atom. The maximum Gasteiger partial charge on any atom is 0.200 e. The fraction of sp³-hybridized carbons (Fsp3) is 0.500. The Morgan fingerprint density at radius 2 is 1.38 bits per heavy atom. The van der Waals surface area contributed by atoms with E-state index in [-0.39, 0.29) is 5.92 Å². The number of hydrogen-bond donors (Lipinski definition) is 0. The van der Waals surface area contributed by atoms with Gasteiger partial charge in [0.05, 0.1) is 5.56 Å². The summed E-state index contributed by atoms with van der Waals surface area (Å²) in [6.07, 6.45) is 7.70. The third kappa shape index (κ3) is 3.51. The van der Waals surface area contributed by atoms with E-state index in [0.29, 0.717) is 0 Å². The predicted octanol–water partition coefficient (Wildman–Crippen LogP) is 4.34. The lowest BCUT2D eigenvalue weighted by molar-refractivity contribution is 0.122. The summed E-state index contributed by atoms with van der Waals surface area (Å²) in [7, 11) is 0.